The molecule has 2 aromatic heterocycles. The van der Waals surface area contributed by atoms with Crippen LogP contribution in [0.25, 0.3) is 10.2 Å². The second-order valence-corrected chi connectivity index (χ2v) is 7.92. The largest absolute Gasteiger partial charge is 0.301 e. The summed E-state index contributed by atoms with van der Waals surface area (Å²) < 4.78 is 14.0. The van der Waals surface area contributed by atoms with Gasteiger partial charge in [0.1, 0.15) is 5.82 Å². The summed E-state index contributed by atoms with van der Waals surface area (Å²) in [6.45, 7) is 3.69. The highest BCUT2D eigenvalue weighted by molar-refractivity contribution is 7.22. The molecule has 1 aromatic carbocycles. The molecule has 1 unspecified atom stereocenters. The van der Waals surface area contributed by atoms with E-state index in [1.54, 1.807) is 6.07 Å². The van der Waals surface area contributed by atoms with Gasteiger partial charge in [-0.1, -0.05) is 11.3 Å². The molecule has 1 saturated heterocycles. The lowest BCUT2D eigenvalue weighted by Gasteiger charge is -2.35. The van der Waals surface area contributed by atoms with Crippen LogP contribution in [0.5, 0.6) is 0 Å². The van der Waals surface area contributed by atoms with Crippen LogP contribution in [0.1, 0.15) is 31.2 Å². The van der Waals surface area contributed by atoms with Gasteiger partial charge in [0.25, 0.3) is 0 Å². The average molecular weight is 384 g/mol. The van der Waals surface area contributed by atoms with Gasteiger partial charge in [-0.25, -0.2) is 9.37 Å². The van der Waals surface area contributed by atoms with Gasteiger partial charge in [0.2, 0.25) is 5.91 Å². The van der Waals surface area contributed by atoms with Crippen LogP contribution in [0.15, 0.2) is 42.7 Å². The number of anilines is 1. The van der Waals surface area contributed by atoms with Crippen molar-refractivity contribution in [1.82, 2.24) is 14.9 Å². The quantitative estimate of drug-likeness (QED) is 0.738. The molecule has 0 bridgehead atoms. The third-order valence-electron chi connectivity index (χ3n) is 5.21. The van der Waals surface area contributed by atoms with E-state index in [9.17, 15) is 9.18 Å². The van der Waals surface area contributed by atoms with E-state index in [2.05, 4.69) is 32.3 Å². The van der Waals surface area contributed by atoms with E-state index >= 15 is 0 Å². The van der Waals surface area contributed by atoms with Crippen LogP contribution in [0, 0.1) is 5.82 Å². The van der Waals surface area contributed by atoms with Gasteiger partial charge in [-0.05, 0) is 74.7 Å². The molecule has 3 heterocycles. The Bertz CT molecular complexity index is 938. The monoisotopic (exact) mass is 384 g/mol. The summed E-state index contributed by atoms with van der Waals surface area (Å²) in [5.41, 5.74) is 2.02. The molecule has 5 nitrogen and oxygen atoms in total. The van der Waals surface area contributed by atoms with Crippen molar-refractivity contribution < 1.29 is 9.18 Å². The summed E-state index contributed by atoms with van der Waals surface area (Å²) >= 11 is 1.29. The maximum Gasteiger partial charge on any atom is 0.243 e. The van der Waals surface area contributed by atoms with Gasteiger partial charge >= 0.3 is 0 Å². The third kappa shape index (κ3) is 3.99. The van der Waals surface area contributed by atoms with Crippen LogP contribution >= 0.6 is 11.3 Å². The van der Waals surface area contributed by atoms with E-state index in [-0.39, 0.29) is 17.8 Å². The first kappa shape index (κ1) is 18.0. The highest BCUT2D eigenvalue weighted by Gasteiger charge is 2.27. The van der Waals surface area contributed by atoms with E-state index in [4.69, 9.17) is 0 Å². The zero-order chi connectivity index (χ0) is 18.8. The van der Waals surface area contributed by atoms with Gasteiger partial charge in [0, 0.05) is 12.4 Å². The predicted molar refractivity (Wildman–Crippen MR) is 105 cm³/mol. The lowest BCUT2D eigenvalue weighted by Crippen LogP contribution is -2.45. The molecule has 1 aliphatic heterocycles. The Labute approximate surface area is 161 Å². The zero-order valence-corrected chi connectivity index (χ0v) is 15.9. The molecule has 0 saturated carbocycles. The number of carbonyl (C=O) groups excluding carboxylic acids is 1. The van der Waals surface area contributed by atoms with E-state index in [0.717, 1.165) is 30.6 Å². The summed E-state index contributed by atoms with van der Waals surface area (Å²) in [6, 6.07) is 8.37. The fourth-order valence-electron chi connectivity index (χ4n) is 3.58. The summed E-state index contributed by atoms with van der Waals surface area (Å²) in [4.78, 5) is 23.3. The minimum atomic E-state index is -0.297. The van der Waals surface area contributed by atoms with E-state index in [0.29, 0.717) is 16.6 Å². The first-order chi connectivity index (χ1) is 13.1. The number of hydrogen-bond acceptors (Lipinski definition) is 5. The Kier molecular flexibility index (Phi) is 5.13. The molecule has 140 valence electrons. The SMILES string of the molecule is CC(C(=O)Nc1nc2ccc(F)cc2s1)N1CCC(c2ccncc2)CC1. The van der Waals surface area contributed by atoms with Crippen molar-refractivity contribution in [1.29, 1.82) is 0 Å². The third-order valence-corrected chi connectivity index (χ3v) is 6.15. The van der Waals surface area contributed by atoms with Crippen molar-refractivity contribution in [2.45, 2.75) is 31.7 Å². The maximum atomic E-state index is 13.3. The molecule has 0 spiro atoms. The van der Waals surface area contributed by atoms with Gasteiger partial charge in [-0.2, -0.15) is 0 Å². The zero-order valence-electron chi connectivity index (χ0n) is 15.1. The Morgan fingerprint density at radius 1 is 1.26 bits per heavy atom. The number of rotatable bonds is 4. The molecule has 4 rings (SSSR count). The minimum Gasteiger partial charge on any atom is -0.301 e. The van der Waals surface area contributed by atoms with Crippen molar-refractivity contribution in [3.63, 3.8) is 0 Å². The van der Waals surface area contributed by atoms with Crippen LogP contribution in [-0.4, -0.2) is 39.9 Å². The number of thiazole rings is 1. The van der Waals surface area contributed by atoms with Gasteiger partial charge in [0.15, 0.2) is 5.13 Å². The number of hydrogen-bond donors (Lipinski definition) is 1. The number of aromatic nitrogens is 2. The van der Waals surface area contributed by atoms with Gasteiger partial charge < -0.3 is 5.32 Å². The molecule has 0 radical (unpaired) electrons. The molecule has 3 aromatic rings. The molecule has 1 amide bonds. The van der Waals surface area contributed by atoms with E-state index in [1.807, 2.05) is 19.3 Å². The number of benzene rings is 1. The number of amides is 1. The van der Waals surface area contributed by atoms with Crippen molar-refractivity contribution in [2.75, 3.05) is 18.4 Å². The van der Waals surface area contributed by atoms with Crippen LogP contribution in [-0.2, 0) is 4.79 Å². The second-order valence-electron chi connectivity index (χ2n) is 6.89. The topological polar surface area (TPSA) is 58.1 Å². The van der Waals surface area contributed by atoms with Crippen LogP contribution in [0.2, 0.25) is 0 Å². The molecule has 1 fully saturated rings. The van der Waals surface area contributed by atoms with Crippen LogP contribution in [0.3, 0.4) is 0 Å². The summed E-state index contributed by atoms with van der Waals surface area (Å²) in [5.74, 6) is 0.157. The lowest BCUT2D eigenvalue weighted by molar-refractivity contribution is -0.121. The minimum absolute atomic E-state index is 0.0723. The molecule has 1 N–H and O–H groups in total. The number of nitrogens with one attached hydrogen (secondary N) is 1. The summed E-state index contributed by atoms with van der Waals surface area (Å²) in [5, 5.41) is 3.40. The molecule has 1 aliphatic rings. The van der Waals surface area contributed by atoms with Crippen molar-refractivity contribution >= 4 is 32.6 Å². The van der Waals surface area contributed by atoms with Crippen molar-refractivity contribution in [2.24, 2.45) is 0 Å². The molecule has 0 aliphatic carbocycles. The maximum absolute atomic E-state index is 13.3. The second kappa shape index (κ2) is 7.70. The smallest absolute Gasteiger partial charge is 0.243 e. The average Bonchev–Trinajstić information content (AvgIpc) is 3.09. The van der Waals surface area contributed by atoms with Gasteiger partial charge in [-0.15, -0.1) is 0 Å². The molecular formula is C20H21FN4OS. The van der Waals surface area contributed by atoms with Crippen molar-refractivity contribution in [3.05, 3.63) is 54.1 Å². The van der Waals surface area contributed by atoms with Gasteiger partial charge in [-0.3, -0.25) is 14.7 Å². The Hall–Kier alpha value is -2.38. The number of piperidine rings is 1. The van der Waals surface area contributed by atoms with Crippen molar-refractivity contribution in [3.8, 4) is 0 Å². The highest BCUT2D eigenvalue weighted by Crippen LogP contribution is 2.29. The van der Waals surface area contributed by atoms with E-state index < -0.39 is 0 Å². The Balaban J connectivity index is 1.36. The summed E-state index contributed by atoms with van der Waals surface area (Å²) in [6.07, 6.45) is 5.73. The number of pyridine rings is 1. The number of carbonyl (C=O) groups is 1. The molecule has 27 heavy (non-hydrogen) atoms. The fraction of sp³-hybridized carbons (Fsp3) is 0.350. The number of fused-ring (bicyclic) bond motifs is 1. The number of halogens is 1. The summed E-state index contributed by atoms with van der Waals surface area (Å²) in [7, 11) is 0. The molecule has 1 atom stereocenters. The predicted octanol–water partition coefficient (Wildman–Crippen LogP) is 4.04. The first-order valence-electron chi connectivity index (χ1n) is 9.11. The van der Waals surface area contributed by atoms with Gasteiger partial charge in [0.05, 0.1) is 16.3 Å². The first-order valence-corrected chi connectivity index (χ1v) is 9.93. The highest BCUT2D eigenvalue weighted by atomic mass is 32.1. The Morgan fingerprint density at radius 2 is 2.00 bits per heavy atom. The normalized spacial score (nSPS) is 17.1. The van der Waals surface area contributed by atoms with E-state index in [1.165, 1.54) is 29.0 Å². The molecular weight excluding hydrogens is 363 g/mol. The molecule has 7 heteroatoms. The Morgan fingerprint density at radius 3 is 2.74 bits per heavy atom. The fourth-order valence-corrected chi connectivity index (χ4v) is 4.48. The standard InChI is InChI=1S/C20H21FN4OS/c1-13(25-10-6-15(7-11-25)14-4-8-22-9-5-14)19(26)24-20-23-17-3-2-16(21)12-18(17)27-20/h2-5,8-9,12-13,15H,6-7,10-11H2,1H3,(H,23,24,26). The number of nitrogens with zero attached hydrogens (tertiary/aromatic N) is 3. The lowest BCUT2D eigenvalue weighted by atomic mass is 9.89. The van der Waals surface area contributed by atoms with Crippen LogP contribution < -0.4 is 5.32 Å². The number of likely N-dealkylation sites (tertiary alicyclic amines) is 1. The van der Waals surface area contributed by atoms with Crippen LogP contribution in [0.4, 0.5) is 9.52 Å².